The lowest BCUT2D eigenvalue weighted by Gasteiger charge is -2.34. The standard InChI is InChI=1S/C21H32N4S/c1-15(2)22-12-16-8-10-25(11-9-16)20-19-18(17-6-4-3-5-7-17)13-26-21(19)24-14-23-20/h13-17,22H,3-12H2,1-2H3. The molecule has 1 aliphatic carbocycles. The summed E-state index contributed by atoms with van der Waals surface area (Å²) in [6.07, 6.45) is 11.1. The Bertz CT molecular complexity index is 712. The Morgan fingerprint density at radius 3 is 2.62 bits per heavy atom. The van der Waals surface area contributed by atoms with E-state index in [4.69, 9.17) is 4.98 Å². The second kappa shape index (κ2) is 8.22. The molecule has 0 amide bonds. The first kappa shape index (κ1) is 18.2. The van der Waals surface area contributed by atoms with Crippen LogP contribution in [0.25, 0.3) is 10.2 Å². The van der Waals surface area contributed by atoms with Crippen molar-refractivity contribution in [3.8, 4) is 0 Å². The number of rotatable bonds is 5. The van der Waals surface area contributed by atoms with Gasteiger partial charge in [0, 0.05) is 19.1 Å². The number of hydrogen-bond donors (Lipinski definition) is 1. The fraction of sp³-hybridized carbons (Fsp3) is 0.714. The average Bonchev–Trinajstić information content (AvgIpc) is 3.12. The zero-order chi connectivity index (χ0) is 17.9. The molecule has 26 heavy (non-hydrogen) atoms. The highest BCUT2D eigenvalue weighted by Crippen LogP contribution is 2.42. The van der Waals surface area contributed by atoms with Crippen LogP contribution < -0.4 is 10.2 Å². The molecule has 1 N–H and O–H groups in total. The van der Waals surface area contributed by atoms with Crippen molar-refractivity contribution in [3.63, 3.8) is 0 Å². The first-order valence-electron chi connectivity index (χ1n) is 10.4. The Balaban J connectivity index is 1.52. The maximum Gasteiger partial charge on any atom is 0.141 e. The largest absolute Gasteiger partial charge is 0.356 e. The highest BCUT2D eigenvalue weighted by atomic mass is 32.1. The van der Waals surface area contributed by atoms with Crippen LogP contribution in [0, 0.1) is 5.92 Å². The summed E-state index contributed by atoms with van der Waals surface area (Å²) in [5, 5.41) is 7.34. The third kappa shape index (κ3) is 3.89. The maximum absolute atomic E-state index is 4.76. The summed E-state index contributed by atoms with van der Waals surface area (Å²) in [7, 11) is 0. The van der Waals surface area contributed by atoms with Gasteiger partial charge in [0.15, 0.2) is 0 Å². The summed E-state index contributed by atoms with van der Waals surface area (Å²) in [6, 6.07) is 0.582. The number of aromatic nitrogens is 2. The van der Waals surface area contributed by atoms with Crippen molar-refractivity contribution in [2.75, 3.05) is 24.5 Å². The molecule has 0 radical (unpaired) electrons. The summed E-state index contributed by atoms with van der Waals surface area (Å²) >= 11 is 1.81. The zero-order valence-corrected chi connectivity index (χ0v) is 17.0. The Morgan fingerprint density at radius 2 is 1.88 bits per heavy atom. The van der Waals surface area contributed by atoms with E-state index in [9.17, 15) is 0 Å². The van der Waals surface area contributed by atoms with Gasteiger partial charge in [-0.1, -0.05) is 33.1 Å². The minimum absolute atomic E-state index is 0.582. The smallest absolute Gasteiger partial charge is 0.141 e. The fourth-order valence-electron chi connectivity index (χ4n) is 4.59. The van der Waals surface area contributed by atoms with Crippen LogP contribution >= 0.6 is 11.3 Å². The van der Waals surface area contributed by atoms with Gasteiger partial charge in [0.05, 0.1) is 5.39 Å². The van der Waals surface area contributed by atoms with Crippen LogP contribution in [0.2, 0.25) is 0 Å². The molecule has 5 heteroatoms. The quantitative estimate of drug-likeness (QED) is 0.806. The monoisotopic (exact) mass is 372 g/mol. The summed E-state index contributed by atoms with van der Waals surface area (Å²) in [6.45, 7) is 7.86. The van der Waals surface area contributed by atoms with Crippen molar-refractivity contribution >= 4 is 27.4 Å². The van der Waals surface area contributed by atoms with Crippen LogP contribution in [0.3, 0.4) is 0 Å². The van der Waals surface area contributed by atoms with Crippen LogP contribution in [0.4, 0.5) is 5.82 Å². The van der Waals surface area contributed by atoms with Gasteiger partial charge in [0.1, 0.15) is 17.0 Å². The van der Waals surface area contributed by atoms with Gasteiger partial charge in [-0.3, -0.25) is 0 Å². The molecule has 3 heterocycles. The topological polar surface area (TPSA) is 41.0 Å². The Kier molecular flexibility index (Phi) is 5.75. The van der Waals surface area contributed by atoms with Crippen LogP contribution in [-0.4, -0.2) is 35.6 Å². The van der Waals surface area contributed by atoms with E-state index in [1.165, 1.54) is 66.5 Å². The van der Waals surface area contributed by atoms with E-state index in [-0.39, 0.29) is 0 Å². The number of fused-ring (bicyclic) bond motifs is 1. The molecule has 2 aromatic rings. The lowest BCUT2D eigenvalue weighted by atomic mass is 9.84. The van der Waals surface area contributed by atoms with E-state index >= 15 is 0 Å². The molecule has 4 rings (SSSR count). The molecule has 1 saturated heterocycles. The van der Waals surface area contributed by atoms with E-state index in [0.717, 1.165) is 31.5 Å². The van der Waals surface area contributed by atoms with Gasteiger partial charge in [-0.2, -0.15) is 0 Å². The van der Waals surface area contributed by atoms with Crippen molar-refractivity contribution in [2.45, 2.75) is 70.8 Å². The minimum Gasteiger partial charge on any atom is -0.356 e. The highest BCUT2D eigenvalue weighted by molar-refractivity contribution is 7.17. The first-order chi connectivity index (χ1) is 12.7. The van der Waals surface area contributed by atoms with Crippen molar-refractivity contribution in [3.05, 3.63) is 17.3 Å². The Morgan fingerprint density at radius 1 is 1.12 bits per heavy atom. The van der Waals surface area contributed by atoms with Gasteiger partial charge in [-0.05, 0) is 55.0 Å². The maximum atomic E-state index is 4.76. The first-order valence-corrected chi connectivity index (χ1v) is 11.3. The average molecular weight is 373 g/mol. The molecule has 1 saturated carbocycles. The Hall–Kier alpha value is -1.20. The van der Waals surface area contributed by atoms with Crippen molar-refractivity contribution in [1.82, 2.24) is 15.3 Å². The number of piperidine rings is 1. The van der Waals surface area contributed by atoms with E-state index in [0.29, 0.717) is 6.04 Å². The molecule has 142 valence electrons. The van der Waals surface area contributed by atoms with Crippen molar-refractivity contribution < 1.29 is 0 Å². The summed E-state index contributed by atoms with van der Waals surface area (Å²) in [5.41, 5.74) is 1.53. The number of nitrogens with zero attached hydrogens (tertiary/aromatic N) is 3. The van der Waals surface area contributed by atoms with E-state index in [1.807, 2.05) is 11.3 Å². The van der Waals surface area contributed by atoms with Crippen LogP contribution in [-0.2, 0) is 0 Å². The van der Waals surface area contributed by atoms with Gasteiger partial charge in [-0.15, -0.1) is 11.3 Å². The molecule has 0 atom stereocenters. The molecule has 0 spiro atoms. The molecular formula is C21H32N4S. The molecule has 0 aromatic carbocycles. The number of nitrogens with one attached hydrogen (secondary N) is 1. The molecular weight excluding hydrogens is 340 g/mol. The van der Waals surface area contributed by atoms with Gasteiger partial charge in [0.25, 0.3) is 0 Å². The van der Waals surface area contributed by atoms with Crippen LogP contribution in [0.5, 0.6) is 0 Å². The number of anilines is 1. The fourth-order valence-corrected chi connectivity index (χ4v) is 5.57. The van der Waals surface area contributed by atoms with Gasteiger partial charge in [0.2, 0.25) is 0 Å². The normalized spacial score (nSPS) is 20.3. The lowest BCUT2D eigenvalue weighted by molar-refractivity contribution is 0.370. The van der Waals surface area contributed by atoms with Gasteiger partial charge < -0.3 is 10.2 Å². The zero-order valence-electron chi connectivity index (χ0n) is 16.2. The van der Waals surface area contributed by atoms with Crippen LogP contribution in [0.15, 0.2) is 11.7 Å². The predicted octanol–water partition coefficient (Wildman–Crippen LogP) is 4.95. The van der Waals surface area contributed by atoms with E-state index in [1.54, 1.807) is 6.33 Å². The van der Waals surface area contributed by atoms with Crippen LogP contribution in [0.1, 0.15) is 70.3 Å². The predicted molar refractivity (Wildman–Crippen MR) is 111 cm³/mol. The molecule has 1 aliphatic heterocycles. The summed E-state index contributed by atoms with van der Waals surface area (Å²) in [4.78, 5) is 13.1. The lowest BCUT2D eigenvalue weighted by Crippen LogP contribution is -2.39. The molecule has 2 aliphatic rings. The number of hydrogen-bond acceptors (Lipinski definition) is 5. The molecule has 2 fully saturated rings. The second-order valence-electron chi connectivity index (χ2n) is 8.40. The minimum atomic E-state index is 0.582. The molecule has 2 aromatic heterocycles. The molecule has 0 bridgehead atoms. The number of thiophene rings is 1. The van der Waals surface area contributed by atoms with E-state index in [2.05, 4.69) is 34.4 Å². The van der Waals surface area contributed by atoms with Gasteiger partial charge >= 0.3 is 0 Å². The summed E-state index contributed by atoms with van der Waals surface area (Å²) < 4.78 is 0. The highest BCUT2D eigenvalue weighted by Gasteiger charge is 2.26. The summed E-state index contributed by atoms with van der Waals surface area (Å²) in [5.74, 6) is 2.72. The SMILES string of the molecule is CC(C)NCC1CCN(c2ncnc3scc(C4CCCCC4)c23)CC1. The second-order valence-corrected chi connectivity index (χ2v) is 9.25. The van der Waals surface area contributed by atoms with Crippen molar-refractivity contribution in [1.29, 1.82) is 0 Å². The van der Waals surface area contributed by atoms with E-state index < -0.39 is 0 Å². The molecule has 4 nitrogen and oxygen atoms in total. The molecule has 0 unspecified atom stereocenters. The van der Waals surface area contributed by atoms with Crippen molar-refractivity contribution in [2.24, 2.45) is 5.92 Å². The third-order valence-electron chi connectivity index (χ3n) is 6.15. The third-order valence-corrected chi connectivity index (χ3v) is 7.06. The van der Waals surface area contributed by atoms with Gasteiger partial charge in [-0.25, -0.2) is 9.97 Å². The Labute approximate surface area is 161 Å².